The molecule has 0 unspecified atom stereocenters. The van der Waals surface area contributed by atoms with Gasteiger partial charge in [0.25, 0.3) is 0 Å². The molecule has 3 aromatic rings. The highest BCUT2D eigenvalue weighted by Gasteiger charge is 2.26. The molecule has 0 saturated carbocycles. The number of rotatable bonds is 3. The van der Waals surface area contributed by atoms with Crippen molar-refractivity contribution in [3.8, 4) is 0 Å². The van der Waals surface area contributed by atoms with E-state index in [0.29, 0.717) is 5.92 Å². The highest BCUT2D eigenvalue weighted by atomic mass is 15.4. The van der Waals surface area contributed by atoms with Crippen molar-refractivity contribution in [2.24, 2.45) is 0 Å². The summed E-state index contributed by atoms with van der Waals surface area (Å²) in [5.41, 5.74) is 0.800. The average molecular weight is 338 g/mol. The molecule has 0 atom stereocenters. The van der Waals surface area contributed by atoms with Gasteiger partial charge in [-0.15, -0.1) is 15.3 Å². The van der Waals surface area contributed by atoms with Crippen molar-refractivity contribution < 1.29 is 0 Å². The molecule has 0 amide bonds. The van der Waals surface area contributed by atoms with Crippen LogP contribution < -0.4 is 9.80 Å². The molecule has 8 heteroatoms. The lowest BCUT2D eigenvalue weighted by Crippen LogP contribution is -2.34. The molecule has 3 aromatic heterocycles. The summed E-state index contributed by atoms with van der Waals surface area (Å²) in [7, 11) is 3.97. The van der Waals surface area contributed by atoms with Crippen molar-refractivity contribution in [1.82, 2.24) is 29.8 Å². The molecule has 0 spiro atoms. The Balaban J connectivity index is 1.54. The van der Waals surface area contributed by atoms with E-state index in [4.69, 9.17) is 0 Å². The monoisotopic (exact) mass is 338 g/mol. The van der Waals surface area contributed by atoms with Crippen LogP contribution in [0.15, 0.2) is 24.4 Å². The third-order valence-electron chi connectivity index (χ3n) is 4.68. The van der Waals surface area contributed by atoms with Crippen molar-refractivity contribution in [3.63, 3.8) is 0 Å². The lowest BCUT2D eigenvalue weighted by atomic mass is 9.96. The Morgan fingerprint density at radius 2 is 1.88 bits per heavy atom. The van der Waals surface area contributed by atoms with E-state index in [-0.39, 0.29) is 0 Å². The molecule has 0 aromatic carbocycles. The summed E-state index contributed by atoms with van der Waals surface area (Å²) < 4.78 is 1.89. The van der Waals surface area contributed by atoms with Gasteiger partial charge in [-0.3, -0.25) is 0 Å². The Morgan fingerprint density at radius 3 is 2.60 bits per heavy atom. The molecule has 1 fully saturated rings. The van der Waals surface area contributed by atoms with Gasteiger partial charge in [0.2, 0.25) is 0 Å². The van der Waals surface area contributed by atoms with Gasteiger partial charge in [0.05, 0.1) is 0 Å². The zero-order chi connectivity index (χ0) is 17.4. The van der Waals surface area contributed by atoms with E-state index in [9.17, 15) is 0 Å². The summed E-state index contributed by atoms with van der Waals surface area (Å²) >= 11 is 0. The third-order valence-corrected chi connectivity index (χ3v) is 4.68. The van der Waals surface area contributed by atoms with Gasteiger partial charge in [0, 0.05) is 39.3 Å². The molecule has 0 N–H and O–H groups in total. The Morgan fingerprint density at radius 1 is 1.08 bits per heavy atom. The van der Waals surface area contributed by atoms with Crippen LogP contribution in [0.2, 0.25) is 0 Å². The van der Waals surface area contributed by atoms with Gasteiger partial charge in [0.15, 0.2) is 11.5 Å². The fourth-order valence-corrected chi connectivity index (χ4v) is 3.28. The minimum atomic E-state index is 0.360. The van der Waals surface area contributed by atoms with Gasteiger partial charge in [-0.2, -0.15) is 4.52 Å². The predicted octanol–water partition coefficient (Wildman–Crippen LogP) is 1.67. The van der Waals surface area contributed by atoms with Gasteiger partial charge in [-0.1, -0.05) is 0 Å². The van der Waals surface area contributed by atoms with E-state index >= 15 is 0 Å². The van der Waals surface area contributed by atoms with Crippen LogP contribution in [0.5, 0.6) is 0 Å². The van der Waals surface area contributed by atoms with Crippen LogP contribution in [-0.2, 0) is 0 Å². The number of hydrogen-bond donors (Lipinski definition) is 0. The molecule has 1 aliphatic rings. The maximum Gasteiger partial charge on any atom is 0.178 e. The van der Waals surface area contributed by atoms with Crippen LogP contribution >= 0.6 is 0 Å². The van der Waals surface area contributed by atoms with Crippen molar-refractivity contribution >= 4 is 17.3 Å². The number of nitrogens with zero attached hydrogens (tertiary/aromatic N) is 8. The maximum absolute atomic E-state index is 4.68. The molecular formula is C17H22N8. The van der Waals surface area contributed by atoms with Gasteiger partial charge < -0.3 is 9.80 Å². The number of piperidine rings is 1. The normalized spacial score (nSPS) is 15.7. The van der Waals surface area contributed by atoms with Crippen molar-refractivity contribution in [3.05, 3.63) is 36.0 Å². The number of aromatic nitrogens is 6. The van der Waals surface area contributed by atoms with Gasteiger partial charge in [-0.25, -0.2) is 9.97 Å². The Hall–Kier alpha value is -2.77. The molecule has 1 saturated heterocycles. The Kier molecular flexibility index (Phi) is 3.95. The summed E-state index contributed by atoms with van der Waals surface area (Å²) in [6, 6.07) is 5.91. The highest BCUT2D eigenvalue weighted by molar-refractivity contribution is 5.45. The summed E-state index contributed by atoms with van der Waals surface area (Å²) in [6.45, 7) is 3.82. The minimum absolute atomic E-state index is 0.360. The smallest absolute Gasteiger partial charge is 0.178 e. The zero-order valence-electron chi connectivity index (χ0n) is 14.8. The van der Waals surface area contributed by atoms with Gasteiger partial charge >= 0.3 is 0 Å². The van der Waals surface area contributed by atoms with Crippen molar-refractivity contribution in [2.75, 3.05) is 37.0 Å². The second-order valence-corrected chi connectivity index (χ2v) is 6.64. The van der Waals surface area contributed by atoms with Gasteiger partial charge in [0.1, 0.15) is 17.5 Å². The summed E-state index contributed by atoms with van der Waals surface area (Å²) in [5.74, 6) is 4.03. The Bertz CT molecular complexity index is 879. The SMILES string of the molecule is Cc1nccc(N2CCC(c3nnc4ccc(N(C)C)nn34)CC2)n1. The Labute approximate surface area is 146 Å². The summed E-state index contributed by atoms with van der Waals surface area (Å²) in [4.78, 5) is 13.0. The average Bonchev–Trinajstić information content (AvgIpc) is 3.05. The molecule has 4 rings (SSSR count). The van der Waals surface area contributed by atoms with Crippen LogP contribution in [0.1, 0.15) is 30.4 Å². The number of anilines is 2. The second kappa shape index (κ2) is 6.27. The highest BCUT2D eigenvalue weighted by Crippen LogP contribution is 2.29. The van der Waals surface area contributed by atoms with Crippen LogP contribution in [0.25, 0.3) is 5.65 Å². The van der Waals surface area contributed by atoms with E-state index in [0.717, 1.165) is 54.9 Å². The predicted molar refractivity (Wildman–Crippen MR) is 96.1 cm³/mol. The molecule has 4 heterocycles. The minimum Gasteiger partial charge on any atom is -0.361 e. The molecule has 130 valence electrons. The first-order valence-electron chi connectivity index (χ1n) is 8.56. The topological polar surface area (TPSA) is 75.3 Å². The van der Waals surface area contributed by atoms with E-state index in [2.05, 4.69) is 30.2 Å². The quantitative estimate of drug-likeness (QED) is 0.719. The molecular weight excluding hydrogens is 316 g/mol. The molecule has 25 heavy (non-hydrogen) atoms. The van der Waals surface area contributed by atoms with Crippen LogP contribution in [0.4, 0.5) is 11.6 Å². The fourth-order valence-electron chi connectivity index (χ4n) is 3.28. The van der Waals surface area contributed by atoms with Gasteiger partial charge in [-0.05, 0) is 38.0 Å². The van der Waals surface area contributed by atoms with E-state index < -0.39 is 0 Å². The van der Waals surface area contributed by atoms with E-state index in [1.54, 1.807) is 0 Å². The first-order valence-corrected chi connectivity index (χ1v) is 8.56. The number of fused-ring (bicyclic) bond motifs is 1. The fraction of sp³-hybridized carbons (Fsp3) is 0.471. The first kappa shape index (κ1) is 15.7. The molecule has 0 bridgehead atoms. The first-order chi connectivity index (χ1) is 12.1. The summed E-state index contributed by atoms with van der Waals surface area (Å²) in [6.07, 6.45) is 3.85. The second-order valence-electron chi connectivity index (χ2n) is 6.64. The molecule has 8 nitrogen and oxygen atoms in total. The zero-order valence-corrected chi connectivity index (χ0v) is 14.8. The lowest BCUT2D eigenvalue weighted by molar-refractivity contribution is 0.475. The van der Waals surface area contributed by atoms with Crippen LogP contribution in [0, 0.1) is 6.92 Å². The third kappa shape index (κ3) is 2.99. The standard InChI is InChI=1S/C17H22N8/c1-12-18-9-6-14(19-12)24-10-7-13(8-11-24)17-21-20-15-4-5-16(23(2)3)22-25(15)17/h4-6,9,13H,7-8,10-11H2,1-3H3. The van der Waals surface area contributed by atoms with Crippen molar-refractivity contribution in [2.45, 2.75) is 25.7 Å². The van der Waals surface area contributed by atoms with E-state index in [1.807, 2.05) is 54.8 Å². The number of hydrogen-bond acceptors (Lipinski definition) is 7. The largest absolute Gasteiger partial charge is 0.361 e. The van der Waals surface area contributed by atoms with E-state index in [1.165, 1.54) is 0 Å². The molecule has 0 radical (unpaired) electrons. The van der Waals surface area contributed by atoms with Crippen molar-refractivity contribution in [1.29, 1.82) is 0 Å². The number of aryl methyl sites for hydroxylation is 1. The molecule has 1 aliphatic heterocycles. The lowest BCUT2D eigenvalue weighted by Gasteiger charge is -2.31. The van der Waals surface area contributed by atoms with Crippen LogP contribution in [-0.4, -0.2) is 57.0 Å². The van der Waals surface area contributed by atoms with Crippen LogP contribution in [0.3, 0.4) is 0 Å². The summed E-state index contributed by atoms with van der Waals surface area (Å²) in [5, 5.41) is 13.4. The maximum atomic E-state index is 4.68. The molecule has 0 aliphatic carbocycles.